The minimum Gasteiger partial charge on any atom is -0.481 e. The molecule has 16 heteroatoms. The lowest BCUT2D eigenvalue weighted by atomic mass is 9.33. The van der Waals surface area contributed by atoms with Crippen molar-refractivity contribution in [2.45, 2.75) is 174 Å². The van der Waals surface area contributed by atoms with Crippen molar-refractivity contribution in [3.05, 3.63) is 11.6 Å². The molecule has 7 rings (SSSR count). The van der Waals surface area contributed by atoms with Crippen LogP contribution in [0.4, 0.5) is 0 Å². The predicted molar refractivity (Wildman–Crippen MR) is 199 cm³/mol. The van der Waals surface area contributed by atoms with Crippen LogP contribution >= 0.6 is 0 Å². The van der Waals surface area contributed by atoms with Crippen LogP contribution in [0.5, 0.6) is 0 Å². The van der Waals surface area contributed by atoms with Gasteiger partial charge in [-0.15, -0.1) is 0 Å². The summed E-state index contributed by atoms with van der Waals surface area (Å²) in [5.74, 6) is -4.47. The Balaban J connectivity index is 1.17. The molecule has 0 aromatic carbocycles. The Morgan fingerprint density at radius 1 is 0.690 bits per heavy atom. The number of aliphatic hydroxyl groups excluding tert-OH is 5. The Kier molecular flexibility index (Phi) is 10.7. The zero-order chi connectivity index (χ0) is 42.9. The highest BCUT2D eigenvalue weighted by molar-refractivity contribution is 5.95. The number of carboxylic acid groups (broad SMARTS) is 3. The van der Waals surface area contributed by atoms with Crippen LogP contribution < -0.4 is 0 Å². The molecule has 326 valence electrons. The van der Waals surface area contributed by atoms with Crippen molar-refractivity contribution in [2.24, 2.45) is 50.2 Å². The molecule has 8 N–H and O–H groups in total. The summed E-state index contributed by atoms with van der Waals surface area (Å²) in [5, 5.41) is 83.0. The molecule has 6 fully saturated rings. The van der Waals surface area contributed by atoms with E-state index >= 15 is 0 Å². The van der Waals surface area contributed by atoms with Gasteiger partial charge in [0.2, 0.25) is 0 Å². The highest BCUT2D eigenvalue weighted by atomic mass is 16.8. The first-order valence-electron chi connectivity index (χ1n) is 20.7. The maximum absolute atomic E-state index is 14.8. The number of ether oxygens (including phenoxy) is 4. The van der Waals surface area contributed by atoms with Crippen LogP contribution in [-0.4, -0.2) is 132 Å². The van der Waals surface area contributed by atoms with Gasteiger partial charge in [-0.3, -0.25) is 9.59 Å². The van der Waals surface area contributed by atoms with E-state index in [0.717, 1.165) is 37.7 Å². The molecule has 0 bridgehead atoms. The number of fused-ring (bicyclic) bond motifs is 7. The van der Waals surface area contributed by atoms with Gasteiger partial charge >= 0.3 is 17.9 Å². The Hall–Kier alpha value is -2.54. The third kappa shape index (κ3) is 6.25. The van der Waals surface area contributed by atoms with Crippen LogP contribution in [0, 0.1) is 50.2 Å². The average molecular weight is 823 g/mol. The van der Waals surface area contributed by atoms with E-state index in [-0.39, 0.29) is 34.4 Å². The van der Waals surface area contributed by atoms with Crippen molar-refractivity contribution in [3.8, 4) is 0 Å². The smallest absolute Gasteiger partial charge is 0.335 e. The van der Waals surface area contributed by atoms with E-state index < -0.39 is 107 Å². The molecule has 0 aromatic rings. The maximum Gasteiger partial charge on any atom is 0.335 e. The molecule has 4 saturated carbocycles. The number of aliphatic carboxylic acids is 3. The molecule has 7 aliphatic rings. The Morgan fingerprint density at radius 2 is 1.28 bits per heavy atom. The van der Waals surface area contributed by atoms with Crippen LogP contribution in [0.1, 0.15) is 106 Å². The molecule has 0 radical (unpaired) electrons. The first-order valence-corrected chi connectivity index (χ1v) is 20.7. The lowest BCUT2D eigenvalue weighted by Crippen LogP contribution is -2.68. The fourth-order valence-electron chi connectivity index (χ4n) is 13.4. The summed E-state index contributed by atoms with van der Waals surface area (Å²) in [4.78, 5) is 51.3. The molecule has 16 nitrogen and oxygen atoms in total. The van der Waals surface area contributed by atoms with Gasteiger partial charge in [-0.2, -0.15) is 0 Å². The minimum absolute atomic E-state index is 0.0217. The number of hydrogen-bond donors (Lipinski definition) is 8. The molecule has 2 heterocycles. The lowest BCUT2D eigenvalue weighted by Gasteiger charge is -2.70. The number of carboxylic acids is 3. The van der Waals surface area contributed by atoms with Gasteiger partial charge in [-0.1, -0.05) is 47.1 Å². The van der Waals surface area contributed by atoms with E-state index in [0.29, 0.717) is 25.7 Å². The van der Waals surface area contributed by atoms with Gasteiger partial charge in [0.05, 0.1) is 11.5 Å². The van der Waals surface area contributed by atoms with Gasteiger partial charge in [0, 0.05) is 5.92 Å². The summed E-state index contributed by atoms with van der Waals surface area (Å²) < 4.78 is 23.4. The van der Waals surface area contributed by atoms with Gasteiger partial charge in [-0.25, -0.2) is 9.59 Å². The van der Waals surface area contributed by atoms with Crippen LogP contribution in [0.25, 0.3) is 0 Å². The second-order valence-corrected chi connectivity index (χ2v) is 20.6. The van der Waals surface area contributed by atoms with Crippen molar-refractivity contribution in [3.63, 3.8) is 0 Å². The molecule has 2 saturated heterocycles. The fourth-order valence-corrected chi connectivity index (χ4v) is 13.4. The predicted octanol–water partition coefficient (Wildman–Crippen LogP) is 2.25. The normalized spacial score (nSPS) is 52.6. The Labute approximate surface area is 337 Å². The zero-order valence-electron chi connectivity index (χ0n) is 34.4. The number of allylic oxidation sites excluding steroid dienone is 2. The van der Waals surface area contributed by atoms with Crippen molar-refractivity contribution in [1.82, 2.24) is 0 Å². The van der Waals surface area contributed by atoms with Crippen LogP contribution in [0.3, 0.4) is 0 Å². The first-order chi connectivity index (χ1) is 26.8. The quantitative estimate of drug-likeness (QED) is 0.171. The van der Waals surface area contributed by atoms with E-state index in [2.05, 4.69) is 27.7 Å². The number of hydrogen-bond acceptors (Lipinski definition) is 13. The maximum atomic E-state index is 14.8. The zero-order valence-corrected chi connectivity index (χ0v) is 34.4. The van der Waals surface area contributed by atoms with Gasteiger partial charge < -0.3 is 59.8 Å². The molecule has 58 heavy (non-hydrogen) atoms. The SMILES string of the molecule is CC1(C)[C@@H](O[C@H]2O[C@H](C(=O)O)[C@H](O)[C@H](O)[C@H]2O[C@@H]2O[C@H](C(=O)O)[C@H](O)[C@H](O)[C@@H]2O)CC[C@@]2(C)[C@H]3C(=O)C=C4[C@@H]5C[C@@](C)(C(=O)O)CC[C@@]5(C)CC[C@@]4(C)[C@]3(C)CC[C@@H]12. The summed E-state index contributed by atoms with van der Waals surface area (Å²) in [6.45, 7) is 14.8. The number of ketones is 1. The lowest BCUT2D eigenvalue weighted by molar-refractivity contribution is -0.371. The average Bonchev–Trinajstić information content (AvgIpc) is 3.13. The summed E-state index contributed by atoms with van der Waals surface area (Å²) in [6, 6.07) is 0. The van der Waals surface area contributed by atoms with E-state index in [4.69, 9.17) is 18.9 Å². The number of aliphatic hydroxyl groups is 5. The van der Waals surface area contributed by atoms with Gasteiger partial charge in [0.1, 0.15) is 36.6 Å². The van der Waals surface area contributed by atoms with E-state index in [1.807, 2.05) is 26.8 Å². The third-order valence-electron chi connectivity index (χ3n) is 17.2. The Bertz CT molecular complexity index is 1730. The molecule has 0 amide bonds. The summed E-state index contributed by atoms with van der Waals surface area (Å²) in [7, 11) is 0. The molecule has 0 spiro atoms. The fraction of sp³-hybridized carbons (Fsp3) is 0.857. The van der Waals surface area contributed by atoms with E-state index in [9.17, 15) is 60.0 Å². The summed E-state index contributed by atoms with van der Waals surface area (Å²) in [6.07, 6.45) is -12.2. The van der Waals surface area contributed by atoms with Crippen molar-refractivity contribution in [1.29, 1.82) is 0 Å². The molecule has 19 atom stereocenters. The molecular weight excluding hydrogens is 760 g/mol. The van der Waals surface area contributed by atoms with Crippen LogP contribution in [-0.2, 0) is 38.1 Å². The number of rotatable bonds is 7. The molecule has 2 aliphatic heterocycles. The number of carbonyl (C=O) groups is 4. The largest absolute Gasteiger partial charge is 0.481 e. The highest BCUT2D eigenvalue weighted by Crippen LogP contribution is 2.75. The molecule has 0 aromatic heterocycles. The summed E-state index contributed by atoms with van der Waals surface area (Å²) in [5.41, 5.74) is -1.81. The van der Waals surface area contributed by atoms with Crippen LogP contribution in [0.2, 0.25) is 0 Å². The molecule has 0 unspecified atom stereocenters. The highest BCUT2D eigenvalue weighted by Gasteiger charge is 2.71. The minimum atomic E-state index is -2.05. The van der Waals surface area contributed by atoms with Gasteiger partial charge in [-0.05, 0) is 110 Å². The second-order valence-electron chi connectivity index (χ2n) is 20.6. The van der Waals surface area contributed by atoms with Crippen molar-refractivity contribution < 1.29 is 79.0 Å². The van der Waals surface area contributed by atoms with E-state index in [1.165, 1.54) is 0 Å². The monoisotopic (exact) mass is 822 g/mol. The van der Waals surface area contributed by atoms with Gasteiger partial charge in [0.25, 0.3) is 0 Å². The van der Waals surface area contributed by atoms with Crippen molar-refractivity contribution in [2.75, 3.05) is 0 Å². The number of carbonyl (C=O) groups excluding carboxylic acids is 1. The second kappa shape index (κ2) is 14.3. The van der Waals surface area contributed by atoms with Crippen LogP contribution in [0.15, 0.2) is 11.6 Å². The molecule has 5 aliphatic carbocycles. The topological polar surface area (TPSA) is 267 Å². The standard InChI is InChI=1S/C42H62O16/c1-37(2)21-8-11-42(7)31(20(43)16-18-19-17-39(4,36(53)54)13-12-38(19,3)14-15-41(18,42)6)40(21,5)10-9-22(37)55-35-30(26(47)25(46)29(57-35)33(51)52)58-34-27(48)23(44)24(45)28(56-34)32(49)50/h16,19,21-31,34-35,44-48H,8-15,17H2,1-7H3,(H,49,50)(H,51,52)(H,53,54)/t19-,21-,22-,23-,24+,25+,26-,27-,28-,29-,30+,31+,34-,35-,38-,39-,40+,41+,42+/m0/s1. The Morgan fingerprint density at radius 3 is 1.88 bits per heavy atom. The van der Waals surface area contributed by atoms with Gasteiger partial charge in [0.15, 0.2) is 30.6 Å². The van der Waals surface area contributed by atoms with E-state index in [1.54, 1.807) is 0 Å². The first kappa shape index (κ1) is 43.5. The molecular formula is C42H62O16. The summed E-state index contributed by atoms with van der Waals surface area (Å²) >= 11 is 0. The van der Waals surface area contributed by atoms with Crippen molar-refractivity contribution >= 4 is 23.7 Å². The third-order valence-corrected chi connectivity index (χ3v) is 17.2.